The van der Waals surface area contributed by atoms with Gasteiger partial charge in [-0.1, -0.05) is 12.1 Å². The molecule has 2 rings (SSSR count). The number of benzene rings is 1. The topological polar surface area (TPSA) is 32.3 Å². The fourth-order valence-electron chi connectivity index (χ4n) is 2.22. The molecule has 1 unspecified atom stereocenters. The van der Waals surface area contributed by atoms with Crippen molar-refractivity contribution in [2.24, 2.45) is 5.41 Å². The Morgan fingerprint density at radius 2 is 2.33 bits per heavy atom. The molecule has 1 aliphatic heterocycles. The van der Waals surface area contributed by atoms with Crippen molar-refractivity contribution in [3.8, 4) is 0 Å². The third-order valence-electron chi connectivity index (χ3n) is 3.14. The Balaban J connectivity index is 2.12. The van der Waals surface area contributed by atoms with Crippen LogP contribution in [0.1, 0.15) is 12.0 Å². The van der Waals surface area contributed by atoms with Crippen LogP contribution in [-0.4, -0.2) is 24.8 Å². The summed E-state index contributed by atoms with van der Waals surface area (Å²) >= 11 is 0. The van der Waals surface area contributed by atoms with Gasteiger partial charge in [-0.15, -0.1) is 0 Å². The van der Waals surface area contributed by atoms with Gasteiger partial charge < -0.3 is 10.4 Å². The molecule has 0 bridgehead atoms. The van der Waals surface area contributed by atoms with Crippen molar-refractivity contribution >= 4 is 0 Å². The molecule has 0 amide bonds. The summed E-state index contributed by atoms with van der Waals surface area (Å²) in [7, 11) is 0. The smallest absolute Gasteiger partial charge is 0.123 e. The zero-order valence-corrected chi connectivity index (χ0v) is 8.67. The fourth-order valence-corrected chi connectivity index (χ4v) is 2.22. The van der Waals surface area contributed by atoms with Crippen molar-refractivity contribution in [2.75, 3.05) is 19.7 Å². The van der Waals surface area contributed by atoms with E-state index in [9.17, 15) is 9.50 Å². The summed E-state index contributed by atoms with van der Waals surface area (Å²) in [5.41, 5.74) is 0.876. The zero-order valence-electron chi connectivity index (χ0n) is 8.67. The predicted molar refractivity (Wildman–Crippen MR) is 57.1 cm³/mol. The van der Waals surface area contributed by atoms with Crippen molar-refractivity contribution in [3.63, 3.8) is 0 Å². The molecule has 1 aromatic rings. The maximum absolute atomic E-state index is 13.0. The van der Waals surface area contributed by atoms with E-state index < -0.39 is 0 Å². The summed E-state index contributed by atoms with van der Waals surface area (Å²) < 4.78 is 13.0. The van der Waals surface area contributed by atoms with E-state index in [0.717, 1.165) is 31.5 Å². The molecule has 0 aromatic heterocycles. The lowest BCUT2D eigenvalue weighted by molar-refractivity contribution is 0.143. The van der Waals surface area contributed by atoms with Crippen LogP contribution < -0.4 is 5.32 Å². The van der Waals surface area contributed by atoms with Crippen LogP contribution in [0, 0.1) is 11.2 Å². The van der Waals surface area contributed by atoms with Crippen molar-refractivity contribution in [3.05, 3.63) is 35.6 Å². The fraction of sp³-hybridized carbons (Fsp3) is 0.500. The van der Waals surface area contributed by atoms with Crippen LogP contribution in [0.2, 0.25) is 0 Å². The van der Waals surface area contributed by atoms with Crippen molar-refractivity contribution in [1.29, 1.82) is 0 Å². The van der Waals surface area contributed by atoms with Crippen molar-refractivity contribution in [2.45, 2.75) is 12.8 Å². The first kappa shape index (κ1) is 10.6. The number of nitrogens with one attached hydrogen (secondary N) is 1. The summed E-state index contributed by atoms with van der Waals surface area (Å²) in [5, 5.41) is 12.7. The lowest BCUT2D eigenvalue weighted by atomic mass is 9.82. The second-order valence-corrected chi connectivity index (χ2v) is 4.39. The van der Waals surface area contributed by atoms with E-state index in [1.165, 1.54) is 6.07 Å². The van der Waals surface area contributed by atoms with Gasteiger partial charge in [0.15, 0.2) is 0 Å². The van der Waals surface area contributed by atoms with Gasteiger partial charge >= 0.3 is 0 Å². The number of halogens is 1. The Kier molecular flexibility index (Phi) is 3.03. The van der Waals surface area contributed by atoms with Gasteiger partial charge in [0.1, 0.15) is 5.82 Å². The van der Waals surface area contributed by atoms with Crippen LogP contribution in [0.15, 0.2) is 24.3 Å². The highest BCUT2D eigenvalue weighted by molar-refractivity contribution is 5.18. The monoisotopic (exact) mass is 209 g/mol. The Morgan fingerprint density at radius 1 is 1.47 bits per heavy atom. The average molecular weight is 209 g/mol. The van der Waals surface area contributed by atoms with Gasteiger partial charge in [-0.2, -0.15) is 0 Å². The molecule has 2 N–H and O–H groups in total. The average Bonchev–Trinajstić information content (AvgIpc) is 2.67. The van der Waals surface area contributed by atoms with Gasteiger partial charge in [0.25, 0.3) is 0 Å². The summed E-state index contributed by atoms with van der Waals surface area (Å²) in [6, 6.07) is 6.63. The Labute approximate surface area is 89.1 Å². The number of hydrogen-bond donors (Lipinski definition) is 2. The third-order valence-corrected chi connectivity index (χ3v) is 3.14. The Hall–Kier alpha value is -0.930. The molecule has 1 heterocycles. The van der Waals surface area contributed by atoms with E-state index in [1.807, 2.05) is 6.07 Å². The van der Waals surface area contributed by atoms with Crippen LogP contribution in [0.3, 0.4) is 0 Å². The normalized spacial score (nSPS) is 25.7. The van der Waals surface area contributed by atoms with Crippen molar-refractivity contribution < 1.29 is 9.50 Å². The molecule has 0 aliphatic carbocycles. The summed E-state index contributed by atoms with van der Waals surface area (Å²) in [5.74, 6) is -0.202. The molecule has 1 atom stereocenters. The van der Waals surface area contributed by atoms with Crippen LogP contribution in [0.5, 0.6) is 0 Å². The zero-order chi connectivity index (χ0) is 10.7. The molecule has 15 heavy (non-hydrogen) atoms. The van der Waals surface area contributed by atoms with Gasteiger partial charge in [-0.25, -0.2) is 4.39 Å². The van der Waals surface area contributed by atoms with Crippen LogP contribution in [-0.2, 0) is 6.42 Å². The molecule has 1 fully saturated rings. The maximum Gasteiger partial charge on any atom is 0.123 e. The molecule has 0 spiro atoms. The molecule has 82 valence electrons. The molecule has 1 aromatic carbocycles. The van der Waals surface area contributed by atoms with Gasteiger partial charge in [0.2, 0.25) is 0 Å². The second kappa shape index (κ2) is 4.29. The molecule has 1 saturated heterocycles. The predicted octanol–water partition coefficient (Wildman–Crippen LogP) is 1.34. The van der Waals surface area contributed by atoms with E-state index in [4.69, 9.17) is 0 Å². The van der Waals surface area contributed by atoms with Gasteiger partial charge in [0, 0.05) is 12.0 Å². The van der Waals surface area contributed by atoms with E-state index in [-0.39, 0.29) is 17.8 Å². The SMILES string of the molecule is OCC1(Cc2cccc(F)c2)CCNC1. The molecule has 3 heteroatoms. The van der Waals surface area contributed by atoms with Gasteiger partial charge in [-0.3, -0.25) is 0 Å². The van der Waals surface area contributed by atoms with E-state index in [0.29, 0.717) is 0 Å². The minimum absolute atomic E-state index is 0.0895. The largest absolute Gasteiger partial charge is 0.396 e. The first-order valence-corrected chi connectivity index (χ1v) is 5.30. The minimum Gasteiger partial charge on any atom is -0.396 e. The molecule has 2 nitrogen and oxygen atoms in total. The summed E-state index contributed by atoms with van der Waals surface area (Å²) in [6.07, 6.45) is 1.70. The first-order valence-electron chi connectivity index (χ1n) is 5.30. The Bertz CT molecular complexity index is 334. The van der Waals surface area contributed by atoms with Crippen LogP contribution >= 0.6 is 0 Å². The minimum atomic E-state index is -0.202. The third kappa shape index (κ3) is 2.36. The Morgan fingerprint density at radius 3 is 2.93 bits per heavy atom. The van der Waals surface area contributed by atoms with Crippen LogP contribution in [0.4, 0.5) is 4.39 Å². The number of rotatable bonds is 3. The second-order valence-electron chi connectivity index (χ2n) is 4.39. The lowest BCUT2D eigenvalue weighted by Gasteiger charge is -2.25. The van der Waals surface area contributed by atoms with Gasteiger partial charge in [0.05, 0.1) is 6.61 Å². The standard InChI is InChI=1S/C12H16FNO/c13-11-3-1-2-10(6-11)7-12(9-15)4-5-14-8-12/h1-3,6,14-15H,4-5,7-9H2. The van der Waals surface area contributed by atoms with Gasteiger partial charge in [-0.05, 0) is 37.1 Å². The highest BCUT2D eigenvalue weighted by atomic mass is 19.1. The number of hydrogen-bond acceptors (Lipinski definition) is 2. The molecule has 1 aliphatic rings. The maximum atomic E-state index is 13.0. The highest BCUT2D eigenvalue weighted by Gasteiger charge is 2.33. The number of aliphatic hydroxyl groups is 1. The lowest BCUT2D eigenvalue weighted by Crippen LogP contribution is -2.30. The highest BCUT2D eigenvalue weighted by Crippen LogP contribution is 2.29. The summed E-state index contributed by atoms with van der Waals surface area (Å²) in [6.45, 7) is 1.92. The molecular formula is C12H16FNO. The summed E-state index contributed by atoms with van der Waals surface area (Å²) in [4.78, 5) is 0. The molecule has 0 radical (unpaired) electrons. The van der Waals surface area contributed by atoms with E-state index >= 15 is 0 Å². The van der Waals surface area contributed by atoms with Crippen molar-refractivity contribution in [1.82, 2.24) is 5.32 Å². The van der Waals surface area contributed by atoms with E-state index in [2.05, 4.69) is 5.32 Å². The number of aliphatic hydroxyl groups excluding tert-OH is 1. The molecular weight excluding hydrogens is 193 g/mol. The first-order chi connectivity index (χ1) is 7.24. The molecule has 0 saturated carbocycles. The quantitative estimate of drug-likeness (QED) is 0.787. The van der Waals surface area contributed by atoms with E-state index in [1.54, 1.807) is 12.1 Å². The van der Waals surface area contributed by atoms with Crippen LogP contribution in [0.25, 0.3) is 0 Å².